The predicted octanol–water partition coefficient (Wildman–Crippen LogP) is 2.90. The van der Waals surface area contributed by atoms with Gasteiger partial charge in [0, 0.05) is 17.8 Å². The van der Waals surface area contributed by atoms with Crippen molar-refractivity contribution in [2.75, 3.05) is 18.5 Å². The number of nitrogens with zero attached hydrogens (tertiary/aromatic N) is 2. The molecule has 0 aliphatic rings. The number of hydrogen-bond donors (Lipinski definition) is 1. The minimum absolute atomic E-state index is 0.0210. The SMILES string of the molecule is N#CCOc1ccc(NC(=O)CCOc2ccc([N+](=O)[O-])cc2)cc1. The highest BCUT2D eigenvalue weighted by molar-refractivity contribution is 5.90. The average Bonchev–Trinajstić information content (AvgIpc) is 2.61. The van der Waals surface area contributed by atoms with E-state index in [4.69, 9.17) is 14.7 Å². The van der Waals surface area contributed by atoms with Crippen molar-refractivity contribution in [3.63, 3.8) is 0 Å². The molecule has 1 N–H and O–H groups in total. The van der Waals surface area contributed by atoms with Crippen molar-refractivity contribution in [3.05, 3.63) is 58.6 Å². The zero-order valence-electron chi connectivity index (χ0n) is 13.2. The Balaban J connectivity index is 1.75. The molecular formula is C17H15N3O5. The Morgan fingerprint density at radius 2 is 1.68 bits per heavy atom. The van der Waals surface area contributed by atoms with E-state index in [1.165, 1.54) is 24.3 Å². The molecule has 128 valence electrons. The Hall–Kier alpha value is -3.60. The molecule has 2 aromatic carbocycles. The summed E-state index contributed by atoms with van der Waals surface area (Å²) >= 11 is 0. The van der Waals surface area contributed by atoms with Crippen LogP contribution in [0.4, 0.5) is 11.4 Å². The molecule has 0 bridgehead atoms. The van der Waals surface area contributed by atoms with Crippen molar-refractivity contribution in [2.45, 2.75) is 6.42 Å². The fourth-order valence-electron chi connectivity index (χ4n) is 1.90. The van der Waals surface area contributed by atoms with E-state index in [1.54, 1.807) is 24.3 Å². The number of anilines is 1. The number of hydrogen-bond acceptors (Lipinski definition) is 6. The third-order valence-corrected chi connectivity index (χ3v) is 3.09. The van der Waals surface area contributed by atoms with Crippen molar-refractivity contribution in [1.82, 2.24) is 0 Å². The molecule has 0 aliphatic heterocycles. The second-order valence-electron chi connectivity index (χ2n) is 4.87. The van der Waals surface area contributed by atoms with Crippen molar-refractivity contribution < 1.29 is 19.2 Å². The van der Waals surface area contributed by atoms with Crippen LogP contribution in [0.5, 0.6) is 11.5 Å². The quantitative estimate of drug-likeness (QED) is 0.583. The van der Waals surface area contributed by atoms with E-state index in [1.807, 2.05) is 6.07 Å². The summed E-state index contributed by atoms with van der Waals surface area (Å²) in [5.74, 6) is 0.769. The summed E-state index contributed by atoms with van der Waals surface area (Å²) in [6, 6.07) is 14.2. The molecule has 0 spiro atoms. The standard InChI is InChI=1S/C17H15N3O5/c18-10-12-25-15-5-1-13(2-6-15)19-17(21)9-11-24-16-7-3-14(4-8-16)20(22)23/h1-8H,9,11-12H2,(H,19,21). The van der Waals surface area contributed by atoms with Gasteiger partial charge >= 0.3 is 0 Å². The van der Waals surface area contributed by atoms with Crippen LogP contribution in [0.1, 0.15) is 6.42 Å². The number of nitro benzene ring substituents is 1. The van der Waals surface area contributed by atoms with Gasteiger partial charge in [-0.15, -0.1) is 0 Å². The van der Waals surface area contributed by atoms with Crippen LogP contribution < -0.4 is 14.8 Å². The van der Waals surface area contributed by atoms with E-state index >= 15 is 0 Å². The fraction of sp³-hybridized carbons (Fsp3) is 0.176. The molecule has 0 atom stereocenters. The van der Waals surface area contributed by atoms with Crippen molar-refractivity contribution in [3.8, 4) is 17.6 Å². The molecule has 0 heterocycles. The molecule has 25 heavy (non-hydrogen) atoms. The van der Waals surface area contributed by atoms with Gasteiger partial charge in [0.25, 0.3) is 5.69 Å². The van der Waals surface area contributed by atoms with Crippen LogP contribution in [0.3, 0.4) is 0 Å². The molecule has 8 nitrogen and oxygen atoms in total. The van der Waals surface area contributed by atoms with Crippen molar-refractivity contribution in [2.24, 2.45) is 0 Å². The Morgan fingerprint density at radius 1 is 1.08 bits per heavy atom. The van der Waals surface area contributed by atoms with Crippen LogP contribution in [-0.2, 0) is 4.79 Å². The zero-order chi connectivity index (χ0) is 18.1. The average molecular weight is 341 g/mol. The maximum absolute atomic E-state index is 11.8. The normalized spacial score (nSPS) is 9.72. The first kappa shape index (κ1) is 17.7. The summed E-state index contributed by atoms with van der Waals surface area (Å²) in [4.78, 5) is 21.9. The van der Waals surface area contributed by atoms with E-state index in [0.717, 1.165) is 0 Å². The molecule has 0 saturated heterocycles. The number of non-ortho nitro benzene ring substituents is 1. The second kappa shape index (κ2) is 8.88. The molecule has 0 aliphatic carbocycles. The van der Waals surface area contributed by atoms with Gasteiger partial charge in [-0.3, -0.25) is 14.9 Å². The van der Waals surface area contributed by atoms with Gasteiger partial charge in [-0.25, -0.2) is 0 Å². The molecule has 0 radical (unpaired) electrons. The van der Waals surface area contributed by atoms with E-state index in [9.17, 15) is 14.9 Å². The molecule has 0 fully saturated rings. The van der Waals surface area contributed by atoms with Gasteiger partial charge in [-0.2, -0.15) is 5.26 Å². The van der Waals surface area contributed by atoms with Gasteiger partial charge in [-0.1, -0.05) is 0 Å². The second-order valence-corrected chi connectivity index (χ2v) is 4.87. The lowest BCUT2D eigenvalue weighted by molar-refractivity contribution is -0.384. The molecule has 0 aromatic heterocycles. The van der Waals surface area contributed by atoms with Gasteiger partial charge in [-0.05, 0) is 36.4 Å². The predicted molar refractivity (Wildman–Crippen MR) is 89.4 cm³/mol. The van der Waals surface area contributed by atoms with Crippen LogP contribution in [0.2, 0.25) is 0 Å². The van der Waals surface area contributed by atoms with Gasteiger partial charge in [0.1, 0.15) is 17.6 Å². The number of nitrogens with one attached hydrogen (secondary N) is 1. The lowest BCUT2D eigenvalue weighted by Gasteiger charge is -2.08. The van der Waals surface area contributed by atoms with Crippen LogP contribution >= 0.6 is 0 Å². The summed E-state index contributed by atoms with van der Waals surface area (Å²) < 4.78 is 10.5. The van der Waals surface area contributed by atoms with E-state index < -0.39 is 4.92 Å². The number of ether oxygens (including phenoxy) is 2. The van der Waals surface area contributed by atoms with Crippen LogP contribution in [0.25, 0.3) is 0 Å². The molecule has 2 rings (SSSR count). The molecular weight excluding hydrogens is 326 g/mol. The number of amides is 1. The van der Waals surface area contributed by atoms with Gasteiger partial charge in [0.15, 0.2) is 6.61 Å². The summed E-state index contributed by atoms with van der Waals surface area (Å²) in [7, 11) is 0. The fourth-order valence-corrected chi connectivity index (χ4v) is 1.90. The van der Waals surface area contributed by atoms with E-state index in [2.05, 4.69) is 5.32 Å². The zero-order valence-corrected chi connectivity index (χ0v) is 13.2. The van der Waals surface area contributed by atoms with Gasteiger partial charge in [0.2, 0.25) is 5.91 Å². The smallest absolute Gasteiger partial charge is 0.269 e. The Labute approximate surface area is 143 Å². The number of carbonyl (C=O) groups is 1. The first-order valence-electron chi connectivity index (χ1n) is 7.35. The Bertz CT molecular complexity index is 766. The summed E-state index contributed by atoms with van der Waals surface area (Å²) in [5, 5.41) is 21.7. The van der Waals surface area contributed by atoms with Crippen molar-refractivity contribution in [1.29, 1.82) is 5.26 Å². The molecule has 0 saturated carbocycles. The number of rotatable bonds is 8. The third kappa shape index (κ3) is 5.84. The lowest BCUT2D eigenvalue weighted by Crippen LogP contribution is -2.15. The van der Waals surface area contributed by atoms with Crippen LogP contribution in [0, 0.1) is 21.4 Å². The number of carbonyl (C=O) groups excluding carboxylic acids is 1. The number of nitro groups is 1. The molecule has 0 unspecified atom stereocenters. The highest BCUT2D eigenvalue weighted by Gasteiger charge is 2.06. The van der Waals surface area contributed by atoms with Crippen LogP contribution in [-0.4, -0.2) is 24.0 Å². The number of nitriles is 1. The van der Waals surface area contributed by atoms with E-state index in [0.29, 0.717) is 17.2 Å². The van der Waals surface area contributed by atoms with Gasteiger partial charge < -0.3 is 14.8 Å². The van der Waals surface area contributed by atoms with Gasteiger partial charge in [0.05, 0.1) is 18.0 Å². The summed E-state index contributed by atoms with van der Waals surface area (Å²) in [5.41, 5.74) is 0.580. The first-order chi connectivity index (χ1) is 12.1. The maximum atomic E-state index is 11.8. The number of benzene rings is 2. The molecule has 2 aromatic rings. The first-order valence-corrected chi connectivity index (χ1v) is 7.35. The molecule has 8 heteroatoms. The minimum atomic E-state index is -0.492. The summed E-state index contributed by atoms with van der Waals surface area (Å²) in [6.45, 7) is 0.110. The third-order valence-electron chi connectivity index (χ3n) is 3.09. The summed E-state index contributed by atoms with van der Waals surface area (Å²) in [6.07, 6.45) is 0.129. The topological polar surface area (TPSA) is 114 Å². The highest BCUT2D eigenvalue weighted by atomic mass is 16.6. The van der Waals surface area contributed by atoms with Crippen molar-refractivity contribution >= 4 is 17.3 Å². The molecule has 1 amide bonds. The Morgan fingerprint density at radius 3 is 2.28 bits per heavy atom. The highest BCUT2D eigenvalue weighted by Crippen LogP contribution is 2.18. The maximum Gasteiger partial charge on any atom is 0.269 e. The van der Waals surface area contributed by atoms with Crippen LogP contribution in [0.15, 0.2) is 48.5 Å². The van der Waals surface area contributed by atoms with E-state index in [-0.39, 0.29) is 31.2 Å². The lowest BCUT2D eigenvalue weighted by atomic mass is 10.3. The minimum Gasteiger partial charge on any atom is -0.493 e. The largest absolute Gasteiger partial charge is 0.493 e. The monoisotopic (exact) mass is 341 g/mol. The Kier molecular flexibility index (Phi) is 6.31.